The number of aliphatic hydroxyl groups is 1. The first kappa shape index (κ1) is 14.1. The Balaban J connectivity index is 1.95. The lowest BCUT2D eigenvalue weighted by molar-refractivity contribution is 0.0576. The lowest BCUT2D eigenvalue weighted by atomic mass is 9.98. The smallest absolute Gasteiger partial charge is 0.256 e. The second-order valence-corrected chi connectivity index (χ2v) is 5.83. The number of benzene rings is 1. The number of aliphatic hydroxyl groups excluding tert-OH is 1. The lowest BCUT2D eigenvalue weighted by Gasteiger charge is -2.35. The normalized spacial score (nSPS) is 19.1. The zero-order chi connectivity index (χ0) is 14.8. The predicted molar refractivity (Wildman–Crippen MR) is 83.3 cm³/mol. The highest BCUT2D eigenvalue weighted by molar-refractivity contribution is 6.07. The molecule has 0 saturated carbocycles. The van der Waals surface area contributed by atoms with E-state index >= 15 is 0 Å². The average Bonchev–Trinajstić information content (AvgIpc) is 2.85. The summed E-state index contributed by atoms with van der Waals surface area (Å²) in [5.41, 5.74) is 1.86. The Labute approximate surface area is 125 Å². The zero-order valence-electron chi connectivity index (χ0n) is 12.5. The first-order valence-corrected chi connectivity index (χ1v) is 7.68. The highest BCUT2D eigenvalue weighted by atomic mass is 16.3. The van der Waals surface area contributed by atoms with E-state index in [1.54, 1.807) is 0 Å². The molecule has 0 bridgehead atoms. The second kappa shape index (κ2) is 5.90. The third kappa shape index (κ3) is 2.56. The van der Waals surface area contributed by atoms with Crippen molar-refractivity contribution >= 4 is 16.8 Å². The van der Waals surface area contributed by atoms with Crippen molar-refractivity contribution in [2.45, 2.75) is 31.7 Å². The molecular weight excluding hydrogens is 264 g/mol. The van der Waals surface area contributed by atoms with Crippen LogP contribution in [0.5, 0.6) is 0 Å². The zero-order valence-corrected chi connectivity index (χ0v) is 12.5. The molecule has 1 aliphatic rings. The molecule has 1 unspecified atom stereocenters. The van der Waals surface area contributed by atoms with Crippen molar-refractivity contribution in [2.24, 2.45) is 7.05 Å². The summed E-state index contributed by atoms with van der Waals surface area (Å²) in [6.07, 6.45) is 5.80. The minimum absolute atomic E-state index is 0.102. The third-order valence-corrected chi connectivity index (χ3v) is 4.48. The Kier molecular flexibility index (Phi) is 3.97. The highest BCUT2D eigenvalue weighted by Gasteiger charge is 2.28. The molecular formula is C17H22N2O2. The number of para-hydroxylation sites is 1. The van der Waals surface area contributed by atoms with E-state index in [1.807, 2.05) is 47.0 Å². The van der Waals surface area contributed by atoms with Gasteiger partial charge >= 0.3 is 0 Å². The van der Waals surface area contributed by atoms with Gasteiger partial charge in [-0.2, -0.15) is 0 Å². The molecule has 21 heavy (non-hydrogen) atoms. The maximum absolute atomic E-state index is 12.9. The molecule has 1 N–H and O–H groups in total. The third-order valence-electron chi connectivity index (χ3n) is 4.48. The van der Waals surface area contributed by atoms with Crippen LogP contribution in [-0.4, -0.2) is 39.7 Å². The number of carbonyl (C=O) groups excluding carboxylic acids is 1. The van der Waals surface area contributed by atoms with E-state index in [-0.39, 0.29) is 18.6 Å². The van der Waals surface area contributed by atoms with Crippen LogP contribution >= 0.6 is 0 Å². The fourth-order valence-corrected chi connectivity index (χ4v) is 3.38. The van der Waals surface area contributed by atoms with Gasteiger partial charge in [0.05, 0.1) is 5.56 Å². The second-order valence-electron chi connectivity index (χ2n) is 5.83. The number of hydrogen-bond donors (Lipinski definition) is 1. The molecule has 0 spiro atoms. The van der Waals surface area contributed by atoms with Crippen LogP contribution in [0.1, 0.15) is 36.0 Å². The van der Waals surface area contributed by atoms with E-state index in [0.717, 1.165) is 42.3 Å². The van der Waals surface area contributed by atoms with Crippen LogP contribution in [0.4, 0.5) is 0 Å². The van der Waals surface area contributed by atoms with Crippen LogP contribution < -0.4 is 0 Å². The number of hydrogen-bond acceptors (Lipinski definition) is 2. The van der Waals surface area contributed by atoms with Crippen molar-refractivity contribution in [3.05, 3.63) is 36.0 Å². The van der Waals surface area contributed by atoms with Crippen LogP contribution in [0.25, 0.3) is 10.9 Å². The van der Waals surface area contributed by atoms with Crippen molar-refractivity contribution in [1.29, 1.82) is 0 Å². The quantitative estimate of drug-likeness (QED) is 0.942. The Morgan fingerprint density at radius 3 is 2.95 bits per heavy atom. The number of rotatable bonds is 3. The van der Waals surface area contributed by atoms with Crippen LogP contribution in [0.2, 0.25) is 0 Å². The van der Waals surface area contributed by atoms with Crippen molar-refractivity contribution in [2.75, 3.05) is 13.2 Å². The fraction of sp³-hybridized carbons (Fsp3) is 0.471. The number of aryl methyl sites for hydroxylation is 1. The summed E-state index contributed by atoms with van der Waals surface area (Å²) in [5.74, 6) is 0.102. The number of likely N-dealkylation sites (tertiary alicyclic amines) is 1. The van der Waals surface area contributed by atoms with E-state index in [2.05, 4.69) is 0 Å². The van der Waals surface area contributed by atoms with Crippen LogP contribution in [0.3, 0.4) is 0 Å². The van der Waals surface area contributed by atoms with Crippen LogP contribution in [-0.2, 0) is 7.05 Å². The van der Waals surface area contributed by atoms with Gasteiger partial charge in [-0.3, -0.25) is 4.79 Å². The van der Waals surface area contributed by atoms with Gasteiger partial charge in [-0.05, 0) is 31.7 Å². The van der Waals surface area contributed by atoms with Crippen molar-refractivity contribution in [3.63, 3.8) is 0 Å². The Bertz CT molecular complexity index is 645. The average molecular weight is 286 g/mol. The van der Waals surface area contributed by atoms with Crippen molar-refractivity contribution < 1.29 is 9.90 Å². The van der Waals surface area contributed by atoms with Gasteiger partial charge in [-0.25, -0.2) is 0 Å². The molecule has 1 amide bonds. The van der Waals surface area contributed by atoms with E-state index < -0.39 is 0 Å². The SMILES string of the molecule is Cn1cc(C(=O)N2CCCCC2CCO)c2ccccc21. The molecule has 4 heteroatoms. The molecule has 4 nitrogen and oxygen atoms in total. The lowest BCUT2D eigenvalue weighted by Crippen LogP contribution is -2.44. The topological polar surface area (TPSA) is 45.5 Å². The molecule has 1 aliphatic heterocycles. The molecule has 1 atom stereocenters. The van der Waals surface area contributed by atoms with Gasteiger partial charge in [0.2, 0.25) is 0 Å². The number of aromatic nitrogens is 1. The largest absolute Gasteiger partial charge is 0.396 e. The van der Waals surface area contributed by atoms with Crippen LogP contribution in [0.15, 0.2) is 30.5 Å². The summed E-state index contributed by atoms with van der Waals surface area (Å²) in [7, 11) is 1.97. The number of fused-ring (bicyclic) bond motifs is 1. The molecule has 1 aromatic carbocycles. The summed E-state index contributed by atoms with van der Waals surface area (Å²) in [4.78, 5) is 14.9. The van der Waals surface area contributed by atoms with Gasteiger partial charge in [0, 0.05) is 43.3 Å². The molecule has 3 rings (SSSR count). The standard InChI is InChI=1S/C17H22N2O2/c1-18-12-15(14-7-2-3-8-16(14)18)17(21)19-10-5-4-6-13(19)9-11-20/h2-3,7-8,12-13,20H,4-6,9-11H2,1H3. The van der Waals surface area contributed by atoms with Gasteiger partial charge in [-0.1, -0.05) is 18.2 Å². The summed E-state index contributed by atoms with van der Waals surface area (Å²) in [6, 6.07) is 8.18. The Morgan fingerprint density at radius 2 is 2.14 bits per heavy atom. The minimum atomic E-state index is 0.102. The molecule has 0 aliphatic carbocycles. The number of piperidine rings is 1. The highest BCUT2D eigenvalue weighted by Crippen LogP contribution is 2.26. The summed E-state index contributed by atoms with van der Waals surface area (Å²) >= 11 is 0. The molecule has 1 saturated heterocycles. The molecule has 2 heterocycles. The molecule has 2 aromatic rings. The summed E-state index contributed by atoms with van der Waals surface area (Å²) < 4.78 is 2.01. The first-order valence-electron chi connectivity index (χ1n) is 7.68. The minimum Gasteiger partial charge on any atom is -0.396 e. The fourth-order valence-electron chi connectivity index (χ4n) is 3.38. The maximum Gasteiger partial charge on any atom is 0.256 e. The first-order chi connectivity index (χ1) is 10.2. The van der Waals surface area contributed by atoms with Gasteiger partial charge in [0.1, 0.15) is 0 Å². The molecule has 1 aromatic heterocycles. The van der Waals surface area contributed by atoms with Crippen molar-refractivity contribution in [3.8, 4) is 0 Å². The van der Waals surface area contributed by atoms with E-state index in [0.29, 0.717) is 6.42 Å². The van der Waals surface area contributed by atoms with E-state index in [9.17, 15) is 9.90 Å². The van der Waals surface area contributed by atoms with Gasteiger partial charge in [0.25, 0.3) is 5.91 Å². The maximum atomic E-state index is 12.9. The summed E-state index contributed by atoms with van der Waals surface area (Å²) in [6.45, 7) is 0.941. The predicted octanol–water partition coefficient (Wildman–Crippen LogP) is 2.56. The van der Waals surface area contributed by atoms with Crippen LogP contribution in [0, 0.1) is 0 Å². The van der Waals surface area contributed by atoms with E-state index in [1.165, 1.54) is 0 Å². The van der Waals surface area contributed by atoms with Gasteiger partial charge < -0.3 is 14.6 Å². The monoisotopic (exact) mass is 286 g/mol. The Morgan fingerprint density at radius 1 is 1.33 bits per heavy atom. The molecule has 112 valence electrons. The molecule has 1 fully saturated rings. The summed E-state index contributed by atoms with van der Waals surface area (Å²) in [5, 5.41) is 10.2. The van der Waals surface area contributed by atoms with Gasteiger partial charge in [-0.15, -0.1) is 0 Å². The number of nitrogens with zero attached hydrogens (tertiary/aromatic N) is 2. The number of carbonyl (C=O) groups is 1. The Hall–Kier alpha value is -1.81. The molecule has 0 radical (unpaired) electrons. The van der Waals surface area contributed by atoms with Crippen molar-refractivity contribution in [1.82, 2.24) is 9.47 Å². The van der Waals surface area contributed by atoms with Gasteiger partial charge in [0.15, 0.2) is 0 Å². The van der Waals surface area contributed by atoms with E-state index in [4.69, 9.17) is 0 Å². The number of amides is 1.